The number of urea groups is 1. The molecule has 2 N–H and O–H groups in total. The Morgan fingerprint density at radius 1 is 1.56 bits per heavy atom. The largest absolute Gasteiger partial charge is 0.481 e. The quantitative estimate of drug-likeness (QED) is 0.519. The molecule has 1 unspecified atom stereocenters. The lowest BCUT2D eigenvalue weighted by Crippen LogP contribution is -2.41. The van der Waals surface area contributed by atoms with Crippen molar-refractivity contribution >= 4 is 12.0 Å². The average molecular weight is 226 g/mol. The minimum Gasteiger partial charge on any atom is -0.481 e. The molecule has 5 nitrogen and oxygen atoms in total. The number of carboxylic acids is 1. The van der Waals surface area contributed by atoms with Crippen molar-refractivity contribution in [1.82, 2.24) is 10.2 Å². The van der Waals surface area contributed by atoms with Crippen molar-refractivity contribution in [2.24, 2.45) is 5.92 Å². The zero-order chi connectivity index (χ0) is 12.6. The molecular weight excluding hydrogens is 208 g/mol. The molecule has 0 bridgehead atoms. The Labute approximate surface area is 95.8 Å². The zero-order valence-corrected chi connectivity index (χ0v) is 9.69. The molecule has 0 saturated heterocycles. The summed E-state index contributed by atoms with van der Waals surface area (Å²) in [5, 5.41) is 11.3. The lowest BCUT2D eigenvalue weighted by molar-refractivity contribution is -0.141. The van der Waals surface area contributed by atoms with Gasteiger partial charge in [-0.3, -0.25) is 4.79 Å². The van der Waals surface area contributed by atoms with E-state index >= 15 is 0 Å². The van der Waals surface area contributed by atoms with Crippen LogP contribution in [0.15, 0.2) is 0 Å². The molecule has 2 amide bonds. The third kappa shape index (κ3) is 5.91. The van der Waals surface area contributed by atoms with Gasteiger partial charge in [0.15, 0.2) is 0 Å². The third-order valence-electron chi connectivity index (χ3n) is 2.09. The Bertz CT molecular complexity index is 283. The van der Waals surface area contributed by atoms with E-state index in [9.17, 15) is 9.59 Å². The van der Waals surface area contributed by atoms with Crippen LogP contribution in [0.5, 0.6) is 0 Å². The molecule has 0 aromatic heterocycles. The van der Waals surface area contributed by atoms with Gasteiger partial charge in [0.1, 0.15) is 0 Å². The van der Waals surface area contributed by atoms with Crippen LogP contribution in [0.4, 0.5) is 4.79 Å². The number of rotatable bonds is 6. The summed E-state index contributed by atoms with van der Waals surface area (Å²) in [5.41, 5.74) is 0. The minimum atomic E-state index is -0.910. The molecule has 1 atom stereocenters. The highest BCUT2D eigenvalue weighted by Gasteiger charge is 2.16. The molecular formula is C11H18N2O3. The number of aliphatic carboxylic acids is 1. The molecule has 0 aliphatic carbocycles. The van der Waals surface area contributed by atoms with E-state index in [0.29, 0.717) is 13.0 Å². The van der Waals surface area contributed by atoms with Gasteiger partial charge >= 0.3 is 12.0 Å². The summed E-state index contributed by atoms with van der Waals surface area (Å²) < 4.78 is 0. The highest BCUT2D eigenvalue weighted by atomic mass is 16.4. The van der Waals surface area contributed by atoms with E-state index in [1.54, 1.807) is 14.0 Å². The summed E-state index contributed by atoms with van der Waals surface area (Å²) in [6, 6.07) is -0.273. The van der Waals surface area contributed by atoms with Crippen LogP contribution < -0.4 is 5.32 Å². The molecule has 0 aromatic carbocycles. The van der Waals surface area contributed by atoms with Gasteiger partial charge in [0.25, 0.3) is 0 Å². The van der Waals surface area contributed by atoms with Crippen molar-refractivity contribution in [2.75, 3.05) is 20.1 Å². The second-order valence-electron chi connectivity index (χ2n) is 3.66. The number of carboxylic acid groups (broad SMARTS) is 1. The summed E-state index contributed by atoms with van der Waals surface area (Å²) in [7, 11) is 1.57. The fourth-order valence-electron chi connectivity index (χ4n) is 1.09. The average Bonchev–Trinajstić information content (AvgIpc) is 2.23. The van der Waals surface area contributed by atoms with Crippen LogP contribution in [0.3, 0.4) is 0 Å². The number of hydrogen-bond donors (Lipinski definition) is 2. The van der Waals surface area contributed by atoms with Gasteiger partial charge in [0.2, 0.25) is 0 Å². The highest BCUT2D eigenvalue weighted by Crippen LogP contribution is 1.98. The molecule has 0 spiro atoms. The standard InChI is InChI=1S/C11H18N2O3/c1-4-5-6-7-12-11(16)13(3)8-9(2)10(14)15/h1,9H,5-8H2,2-3H3,(H,12,16)(H,14,15). The predicted molar refractivity (Wildman–Crippen MR) is 60.9 cm³/mol. The Morgan fingerprint density at radius 3 is 2.69 bits per heavy atom. The maximum atomic E-state index is 11.4. The van der Waals surface area contributed by atoms with Crippen LogP contribution in [0, 0.1) is 18.3 Å². The molecule has 0 rings (SSSR count). The maximum Gasteiger partial charge on any atom is 0.317 e. The monoisotopic (exact) mass is 226 g/mol. The molecule has 0 aliphatic rings. The van der Waals surface area contributed by atoms with E-state index in [4.69, 9.17) is 11.5 Å². The van der Waals surface area contributed by atoms with Gasteiger partial charge < -0.3 is 15.3 Å². The highest BCUT2D eigenvalue weighted by molar-refractivity contribution is 5.75. The van der Waals surface area contributed by atoms with Crippen molar-refractivity contribution in [1.29, 1.82) is 0 Å². The molecule has 0 aliphatic heterocycles. The molecule has 0 aromatic rings. The molecule has 0 saturated carbocycles. The smallest absolute Gasteiger partial charge is 0.317 e. The van der Waals surface area contributed by atoms with Crippen LogP contribution in [-0.4, -0.2) is 42.1 Å². The van der Waals surface area contributed by atoms with Crippen LogP contribution in [0.1, 0.15) is 19.8 Å². The van der Waals surface area contributed by atoms with Crippen molar-refractivity contribution < 1.29 is 14.7 Å². The molecule has 90 valence electrons. The van der Waals surface area contributed by atoms with Gasteiger partial charge in [-0.05, 0) is 6.42 Å². The second-order valence-corrected chi connectivity index (χ2v) is 3.66. The first kappa shape index (κ1) is 14.3. The number of nitrogens with zero attached hydrogens (tertiary/aromatic N) is 1. The summed E-state index contributed by atoms with van der Waals surface area (Å²) >= 11 is 0. The number of amides is 2. The number of terminal acetylenes is 1. The number of nitrogens with one attached hydrogen (secondary N) is 1. The number of hydrogen-bond acceptors (Lipinski definition) is 2. The summed E-state index contributed by atoms with van der Waals surface area (Å²) in [6.45, 7) is 2.26. The Balaban J connectivity index is 3.82. The van der Waals surface area contributed by atoms with Crippen LogP contribution in [-0.2, 0) is 4.79 Å². The molecule has 0 heterocycles. The maximum absolute atomic E-state index is 11.4. The van der Waals surface area contributed by atoms with Crippen molar-refractivity contribution in [2.45, 2.75) is 19.8 Å². The van der Waals surface area contributed by atoms with Gasteiger partial charge in [0, 0.05) is 26.6 Å². The van der Waals surface area contributed by atoms with E-state index in [1.807, 2.05) is 0 Å². The molecule has 5 heteroatoms. The Kier molecular flexibility index (Phi) is 6.77. The van der Waals surface area contributed by atoms with E-state index in [0.717, 1.165) is 6.42 Å². The lowest BCUT2D eigenvalue weighted by atomic mass is 10.2. The fraction of sp³-hybridized carbons (Fsp3) is 0.636. The first-order chi connectivity index (χ1) is 7.49. The summed E-state index contributed by atoms with van der Waals surface area (Å²) in [5.74, 6) is 0.997. The van der Waals surface area contributed by atoms with E-state index in [2.05, 4.69) is 11.2 Å². The van der Waals surface area contributed by atoms with Gasteiger partial charge in [-0.15, -0.1) is 12.3 Å². The first-order valence-corrected chi connectivity index (χ1v) is 5.14. The number of unbranched alkanes of at least 4 members (excludes halogenated alkanes) is 1. The Hall–Kier alpha value is -1.70. The topological polar surface area (TPSA) is 69.6 Å². The van der Waals surface area contributed by atoms with Gasteiger partial charge in [-0.25, -0.2) is 4.79 Å². The van der Waals surface area contributed by atoms with Crippen LogP contribution in [0.25, 0.3) is 0 Å². The lowest BCUT2D eigenvalue weighted by Gasteiger charge is -2.19. The van der Waals surface area contributed by atoms with E-state index in [-0.39, 0.29) is 12.6 Å². The summed E-state index contributed by atoms with van der Waals surface area (Å²) in [4.78, 5) is 23.4. The van der Waals surface area contributed by atoms with Crippen molar-refractivity contribution in [3.63, 3.8) is 0 Å². The Morgan fingerprint density at radius 2 is 2.19 bits per heavy atom. The fourth-order valence-corrected chi connectivity index (χ4v) is 1.09. The molecule has 16 heavy (non-hydrogen) atoms. The molecule has 0 fully saturated rings. The van der Waals surface area contributed by atoms with E-state index in [1.165, 1.54) is 4.90 Å². The van der Waals surface area contributed by atoms with Crippen molar-refractivity contribution in [3.8, 4) is 12.3 Å². The summed E-state index contributed by atoms with van der Waals surface area (Å²) in [6.07, 6.45) is 6.41. The van der Waals surface area contributed by atoms with Gasteiger partial charge in [-0.2, -0.15) is 0 Å². The number of carbonyl (C=O) groups is 2. The predicted octanol–water partition coefficient (Wildman–Crippen LogP) is 0.762. The SMILES string of the molecule is C#CCCCNC(=O)N(C)CC(C)C(=O)O. The van der Waals surface area contributed by atoms with Crippen molar-refractivity contribution in [3.05, 3.63) is 0 Å². The van der Waals surface area contributed by atoms with Crippen LogP contribution in [0.2, 0.25) is 0 Å². The normalized spacial score (nSPS) is 11.3. The zero-order valence-electron chi connectivity index (χ0n) is 9.69. The van der Waals surface area contributed by atoms with Gasteiger partial charge in [0.05, 0.1) is 5.92 Å². The minimum absolute atomic E-state index is 0.191. The third-order valence-corrected chi connectivity index (χ3v) is 2.09. The molecule has 0 radical (unpaired) electrons. The van der Waals surface area contributed by atoms with Crippen LogP contribution >= 0.6 is 0 Å². The second kappa shape index (κ2) is 7.57. The number of carbonyl (C=O) groups excluding carboxylic acids is 1. The first-order valence-electron chi connectivity index (χ1n) is 5.14. The van der Waals surface area contributed by atoms with Gasteiger partial charge in [-0.1, -0.05) is 6.92 Å². The van der Waals surface area contributed by atoms with E-state index < -0.39 is 11.9 Å².